The smallest absolute Gasteiger partial charge is 0.0474 e. The number of nitrogens with one attached hydrogen (secondary N) is 1. The van der Waals surface area contributed by atoms with Crippen LogP contribution in [0.1, 0.15) is 52.4 Å². The molecule has 0 aromatic carbocycles. The summed E-state index contributed by atoms with van der Waals surface area (Å²) in [5.74, 6) is 0.738. The zero-order chi connectivity index (χ0) is 12.8. The highest BCUT2D eigenvalue weighted by Crippen LogP contribution is 2.41. The van der Waals surface area contributed by atoms with Gasteiger partial charge >= 0.3 is 0 Å². The molecular weight excluding hydrogens is 222 g/mol. The summed E-state index contributed by atoms with van der Waals surface area (Å²) < 4.78 is 5.59. The molecule has 0 spiro atoms. The molecule has 0 aromatic heterocycles. The summed E-state index contributed by atoms with van der Waals surface area (Å²) >= 11 is 0. The maximum atomic E-state index is 5.59. The van der Waals surface area contributed by atoms with E-state index in [1.165, 1.54) is 38.5 Å². The third-order valence-electron chi connectivity index (χ3n) is 4.44. The molecule has 18 heavy (non-hydrogen) atoms. The molecule has 2 rings (SSSR count). The van der Waals surface area contributed by atoms with Gasteiger partial charge in [0.05, 0.1) is 0 Å². The van der Waals surface area contributed by atoms with Crippen LogP contribution >= 0.6 is 0 Å². The van der Waals surface area contributed by atoms with Gasteiger partial charge in [-0.25, -0.2) is 0 Å². The Morgan fingerprint density at radius 1 is 1.28 bits per heavy atom. The largest absolute Gasteiger partial charge is 0.381 e. The van der Waals surface area contributed by atoms with Gasteiger partial charge in [-0.1, -0.05) is 25.5 Å². The molecule has 1 aliphatic heterocycles. The fraction of sp³-hybridized carbons (Fsp3) is 0.875. The first-order chi connectivity index (χ1) is 8.73. The van der Waals surface area contributed by atoms with Gasteiger partial charge in [-0.15, -0.1) is 0 Å². The van der Waals surface area contributed by atoms with Gasteiger partial charge in [-0.05, 0) is 51.0 Å². The van der Waals surface area contributed by atoms with Gasteiger partial charge in [0.15, 0.2) is 0 Å². The number of ether oxygens (including phenoxy) is 1. The van der Waals surface area contributed by atoms with Crippen molar-refractivity contribution in [1.29, 1.82) is 0 Å². The van der Waals surface area contributed by atoms with Crippen LogP contribution in [-0.2, 0) is 4.74 Å². The monoisotopic (exact) mass is 251 g/mol. The van der Waals surface area contributed by atoms with Gasteiger partial charge in [0.2, 0.25) is 0 Å². The lowest BCUT2D eigenvalue weighted by Gasteiger charge is -2.41. The highest BCUT2D eigenvalue weighted by atomic mass is 16.5. The van der Waals surface area contributed by atoms with Crippen LogP contribution in [-0.4, -0.2) is 26.3 Å². The Labute approximate surface area is 112 Å². The first-order valence-electron chi connectivity index (χ1n) is 7.71. The maximum Gasteiger partial charge on any atom is 0.0474 e. The van der Waals surface area contributed by atoms with Gasteiger partial charge in [0.1, 0.15) is 0 Å². The van der Waals surface area contributed by atoms with E-state index in [9.17, 15) is 0 Å². The molecule has 0 unspecified atom stereocenters. The van der Waals surface area contributed by atoms with Crippen molar-refractivity contribution in [2.24, 2.45) is 11.3 Å². The molecule has 0 atom stereocenters. The summed E-state index contributed by atoms with van der Waals surface area (Å²) in [6, 6.07) is 0. The zero-order valence-electron chi connectivity index (χ0n) is 12.1. The molecule has 1 saturated heterocycles. The van der Waals surface area contributed by atoms with Crippen molar-refractivity contribution in [3.63, 3.8) is 0 Å². The van der Waals surface area contributed by atoms with Crippen molar-refractivity contribution in [2.75, 3.05) is 26.3 Å². The summed E-state index contributed by atoms with van der Waals surface area (Å²) in [6.07, 6.45) is 10.3. The van der Waals surface area contributed by atoms with Crippen LogP contribution in [0.5, 0.6) is 0 Å². The van der Waals surface area contributed by atoms with E-state index in [0.29, 0.717) is 5.41 Å². The fourth-order valence-electron chi connectivity index (χ4n) is 3.29. The van der Waals surface area contributed by atoms with E-state index in [2.05, 4.69) is 25.2 Å². The summed E-state index contributed by atoms with van der Waals surface area (Å²) in [6.45, 7) is 8.74. The molecule has 1 heterocycles. The SMILES string of the molecule is CC(C)CNCC1(C2=CCCCC2)CCOCC1. The second kappa shape index (κ2) is 6.72. The predicted molar refractivity (Wildman–Crippen MR) is 76.7 cm³/mol. The number of allylic oxidation sites excluding steroid dienone is 1. The van der Waals surface area contributed by atoms with Crippen molar-refractivity contribution >= 4 is 0 Å². The number of hydrogen-bond acceptors (Lipinski definition) is 2. The maximum absolute atomic E-state index is 5.59. The quantitative estimate of drug-likeness (QED) is 0.755. The van der Waals surface area contributed by atoms with Crippen LogP contribution in [0, 0.1) is 11.3 Å². The van der Waals surface area contributed by atoms with Crippen molar-refractivity contribution in [2.45, 2.75) is 52.4 Å². The molecule has 0 saturated carbocycles. The van der Waals surface area contributed by atoms with Crippen molar-refractivity contribution in [3.05, 3.63) is 11.6 Å². The minimum Gasteiger partial charge on any atom is -0.381 e. The van der Waals surface area contributed by atoms with E-state index in [1.807, 2.05) is 0 Å². The van der Waals surface area contributed by atoms with Crippen LogP contribution in [0.15, 0.2) is 11.6 Å². The van der Waals surface area contributed by atoms with E-state index < -0.39 is 0 Å². The van der Waals surface area contributed by atoms with E-state index in [4.69, 9.17) is 4.74 Å². The van der Waals surface area contributed by atoms with Gasteiger partial charge < -0.3 is 10.1 Å². The van der Waals surface area contributed by atoms with Crippen LogP contribution in [0.25, 0.3) is 0 Å². The molecule has 1 fully saturated rings. The van der Waals surface area contributed by atoms with Crippen LogP contribution < -0.4 is 5.32 Å². The van der Waals surface area contributed by atoms with E-state index in [1.54, 1.807) is 5.57 Å². The summed E-state index contributed by atoms with van der Waals surface area (Å²) in [4.78, 5) is 0. The van der Waals surface area contributed by atoms with Crippen LogP contribution in [0.2, 0.25) is 0 Å². The minimum atomic E-state index is 0.410. The Morgan fingerprint density at radius 2 is 2.06 bits per heavy atom. The van der Waals surface area contributed by atoms with Gasteiger partial charge in [0, 0.05) is 25.2 Å². The van der Waals surface area contributed by atoms with E-state index in [0.717, 1.165) is 32.2 Å². The third-order valence-corrected chi connectivity index (χ3v) is 4.44. The lowest BCUT2D eigenvalue weighted by molar-refractivity contribution is 0.0299. The molecule has 0 amide bonds. The average Bonchev–Trinajstić information content (AvgIpc) is 2.40. The summed E-state index contributed by atoms with van der Waals surface area (Å²) in [5.41, 5.74) is 2.14. The Kier molecular flexibility index (Phi) is 5.25. The van der Waals surface area contributed by atoms with Gasteiger partial charge in [0.25, 0.3) is 0 Å². The molecule has 1 aliphatic carbocycles. The Bertz CT molecular complexity index is 277. The molecule has 104 valence electrons. The first kappa shape index (κ1) is 14.1. The van der Waals surface area contributed by atoms with Gasteiger partial charge in [-0.3, -0.25) is 0 Å². The standard InChI is InChI=1S/C16H29NO/c1-14(2)12-17-13-16(8-10-18-11-9-16)15-6-4-3-5-7-15/h6,14,17H,3-5,7-13H2,1-2H3. The second-order valence-electron chi connectivity index (χ2n) is 6.39. The third kappa shape index (κ3) is 3.58. The van der Waals surface area contributed by atoms with Crippen molar-refractivity contribution in [3.8, 4) is 0 Å². The van der Waals surface area contributed by atoms with E-state index in [-0.39, 0.29) is 0 Å². The van der Waals surface area contributed by atoms with E-state index >= 15 is 0 Å². The van der Waals surface area contributed by atoms with Crippen LogP contribution in [0.4, 0.5) is 0 Å². The van der Waals surface area contributed by atoms with Gasteiger partial charge in [-0.2, -0.15) is 0 Å². The van der Waals surface area contributed by atoms with Crippen LogP contribution in [0.3, 0.4) is 0 Å². The normalized spacial score (nSPS) is 24.1. The first-order valence-corrected chi connectivity index (χ1v) is 7.71. The Morgan fingerprint density at radius 3 is 2.67 bits per heavy atom. The lowest BCUT2D eigenvalue weighted by Crippen LogP contribution is -2.42. The summed E-state index contributed by atoms with van der Waals surface area (Å²) in [5, 5.41) is 3.70. The molecule has 2 heteroatoms. The fourth-order valence-corrected chi connectivity index (χ4v) is 3.29. The molecule has 0 radical (unpaired) electrons. The molecule has 0 aromatic rings. The highest BCUT2D eigenvalue weighted by Gasteiger charge is 2.35. The molecule has 0 bridgehead atoms. The van der Waals surface area contributed by atoms with Crippen molar-refractivity contribution < 1.29 is 4.74 Å². The summed E-state index contributed by atoms with van der Waals surface area (Å²) in [7, 11) is 0. The Balaban J connectivity index is 2.00. The molecule has 2 nitrogen and oxygen atoms in total. The molecular formula is C16H29NO. The minimum absolute atomic E-state index is 0.410. The lowest BCUT2D eigenvalue weighted by atomic mass is 9.70. The average molecular weight is 251 g/mol. The van der Waals surface area contributed by atoms with Crippen molar-refractivity contribution in [1.82, 2.24) is 5.32 Å². The second-order valence-corrected chi connectivity index (χ2v) is 6.39. The molecule has 1 N–H and O–H groups in total. The number of hydrogen-bond donors (Lipinski definition) is 1. The molecule has 2 aliphatic rings. The topological polar surface area (TPSA) is 21.3 Å². The zero-order valence-corrected chi connectivity index (χ0v) is 12.1. The number of rotatable bonds is 5. The predicted octanol–water partition coefficient (Wildman–Crippen LogP) is 3.53. The Hall–Kier alpha value is -0.340. The highest BCUT2D eigenvalue weighted by molar-refractivity contribution is 5.18.